The van der Waals surface area contributed by atoms with Crippen molar-refractivity contribution in [2.45, 2.75) is 25.7 Å². The number of amides is 1. The van der Waals surface area contributed by atoms with Gasteiger partial charge in [-0.05, 0) is 31.0 Å². The average Bonchev–Trinajstić information content (AvgIpc) is 2.31. The summed E-state index contributed by atoms with van der Waals surface area (Å²) in [5.74, 6) is -1.18. The largest absolute Gasteiger partial charge is 0.320 e. The van der Waals surface area contributed by atoms with E-state index in [0.29, 0.717) is 0 Å². The molecule has 2 rings (SSSR count). The molecule has 1 aliphatic rings. The summed E-state index contributed by atoms with van der Waals surface area (Å²) in [6.45, 7) is 0.832. The molecule has 0 unspecified atom stereocenters. The number of hydrogen-bond acceptors (Lipinski definition) is 2. The van der Waals surface area contributed by atoms with Crippen molar-refractivity contribution in [1.82, 2.24) is 5.32 Å². The average molecular weight is 268 g/mol. The minimum atomic E-state index is -0.761. The highest BCUT2D eigenvalue weighted by Crippen LogP contribution is 2.28. The Morgan fingerprint density at radius 1 is 1.26 bits per heavy atom. The standard InChI is InChI=1S/C14H18F2N2O/c15-11-5-2-6-12(16)14(11)18-13(19)9-17-8-7-10-3-1-4-10/h2,5-6,10,17H,1,3-4,7-9H2,(H,18,19). The summed E-state index contributed by atoms with van der Waals surface area (Å²) in [4.78, 5) is 11.5. The molecule has 0 bridgehead atoms. The summed E-state index contributed by atoms with van der Waals surface area (Å²) < 4.78 is 26.6. The maximum Gasteiger partial charge on any atom is 0.238 e. The Bertz CT molecular complexity index is 427. The van der Waals surface area contributed by atoms with Gasteiger partial charge in [-0.1, -0.05) is 25.3 Å². The summed E-state index contributed by atoms with van der Waals surface area (Å²) in [5.41, 5.74) is -0.381. The molecule has 1 amide bonds. The number of carbonyl (C=O) groups excluding carboxylic acids is 1. The van der Waals surface area contributed by atoms with Crippen molar-refractivity contribution < 1.29 is 13.6 Å². The summed E-state index contributed by atoms with van der Waals surface area (Å²) in [7, 11) is 0. The molecule has 2 N–H and O–H groups in total. The lowest BCUT2D eigenvalue weighted by Gasteiger charge is -2.25. The zero-order valence-corrected chi connectivity index (χ0v) is 10.7. The first-order chi connectivity index (χ1) is 9.16. The van der Waals surface area contributed by atoms with E-state index in [1.807, 2.05) is 0 Å². The molecular formula is C14H18F2N2O. The van der Waals surface area contributed by atoms with Crippen molar-refractivity contribution in [2.75, 3.05) is 18.4 Å². The van der Waals surface area contributed by atoms with Crippen molar-refractivity contribution >= 4 is 11.6 Å². The molecule has 0 atom stereocenters. The summed E-state index contributed by atoms with van der Waals surface area (Å²) in [6, 6.07) is 3.49. The molecule has 19 heavy (non-hydrogen) atoms. The van der Waals surface area contributed by atoms with E-state index in [-0.39, 0.29) is 12.2 Å². The number of rotatable bonds is 6. The highest BCUT2D eigenvalue weighted by atomic mass is 19.1. The van der Waals surface area contributed by atoms with Gasteiger partial charge in [-0.15, -0.1) is 0 Å². The van der Waals surface area contributed by atoms with E-state index in [1.165, 1.54) is 25.3 Å². The Kier molecular flexibility index (Phi) is 4.85. The number of nitrogens with one attached hydrogen (secondary N) is 2. The van der Waals surface area contributed by atoms with Crippen LogP contribution >= 0.6 is 0 Å². The van der Waals surface area contributed by atoms with E-state index in [0.717, 1.165) is 31.0 Å². The lowest BCUT2D eigenvalue weighted by atomic mass is 9.83. The van der Waals surface area contributed by atoms with Gasteiger partial charge in [0.15, 0.2) is 0 Å². The topological polar surface area (TPSA) is 41.1 Å². The number of carbonyl (C=O) groups is 1. The fraction of sp³-hybridized carbons (Fsp3) is 0.500. The van der Waals surface area contributed by atoms with Crippen LogP contribution < -0.4 is 10.6 Å². The fourth-order valence-corrected chi connectivity index (χ4v) is 2.09. The molecule has 0 aromatic heterocycles. The molecule has 1 saturated carbocycles. The van der Waals surface area contributed by atoms with Crippen molar-refractivity contribution in [2.24, 2.45) is 5.92 Å². The molecule has 5 heteroatoms. The number of halogens is 2. The van der Waals surface area contributed by atoms with E-state index in [1.54, 1.807) is 0 Å². The molecule has 3 nitrogen and oxygen atoms in total. The van der Waals surface area contributed by atoms with Gasteiger partial charge in [0.1, 0.15) is 17.3 Å². The van der Waals surface area contributed by atoms with Crippen molar-refractivity contribution in [3.05, 3.63) is 29.8 Å². The second-order valence-corrected chi connectivity index (χ2v) is 4.91. The molecule has 104 valence electrons. The van der Waals surface area contributed by atoms with Crippen LogP contribution in [0.25, 0.3) is 0 Å². The summed E-state index contributed by atoms with van der Waals surface area (Å²) >= 11 is 0. The van der Waals surface area contributed by atoms with Gasteiger partial charge in [0.05, 0.1) is 6.54 Å². The van der Waals surface area contributed by atoms with Gasteiger partial charge in [-0.2, -0.15) is 0 Å². The highest BCUT2D eigenvalue weighted by Gasteiger charge is 2.16. The van der Waals surface area contributed by atoms with Crippen LogP contribution in [0, 0.1) is 17.6 Å². The lowest BCUT2D eigenvalue weighted by molar-refractivity contribution is -0.115. The first kappa shape index (κ1) is 13.9. The molecule has 1 aliphatic carbocycles. The Hall–Kier alpha value is -1.49. The van der Waals surface area contributed by atoms with E-state index in [2.05, 4.69) is 10.6 Å². The molecule has 0 spiro atoms. The lowest BCUT2D eigenvalue weighted by Crippen LogP contribution is -2.30. The van der Waals surface area contributed by atoms with Gasteiger partial charge in [-0.25, -0.2) is 8.78 Å². The van der Waals surface area contributed by atoms with Crippen LogP contribution in [-0.4, -0.2) is 19.0 Å². The first-order valence-electron chi connectivity index (χ1n) is 6.61. The van der Waals surface area contributed by atoms with Crippen LogP contribution in [0.15, 0.2) is 18.2 Å². The summed E-state index contributed by atoms with van der Waals surface area (Å²) in [5, 5.41) is 5.23. The first-order valence-corrected chi connectivity index (χ1v) is 6.61. The van der Waals surface area contributed by atoms with Crippen molar-refractivity contribution in [3.8, 4) is 0 Å². The van der Waals surface area contributed by atoms with Crippen LogP contribution in [0.3, 0.4) is 0 Å². The summed E-state index contributed by atoms with van der Waals surface area (Å²) in [6.07, 6.45) is 4.90. The normalized spacial score (nSPS) is 15.1. The van der Waals surface area contributed by atoms with Gasteiger partial charge in [0, 0.05) is 0 Å². The molecule has 0 aliphatic heterocycles. The maximum absolute atomic E-state index is 13.3. The van der Waals surface area contributed by atoms with E-state index < -0.39 is 17.5 Å². The van der Waals surface area contributed by atoms with Gasteiger partial charge >= 0.3 is 0 Å². The predicted molar refractivity (Wildman–Crippen MR) is 69.8 cm³/mol. The van der Waals surface area contributed by atoms with Crippen LogP contribution in [0.4, 0.5) is 14.5 Å². The minimum absolute atomic E-state index is 0.0699. The van der Waals surface area contributed by atoms with Crippen LogP contribution in [0.2, 0.25) is 0 Å². The maximum atomic E-state index is 13.3. The van der Waals surface area contributed by atoms with Gasteiger partial charge in [-0.3, -0.25) is 4.79 Å². The third-order valence-electron chi connectivity index (χ3n) is 3.47. The number of para-hydroxylation sites is 1. The highest BCUT2D eigenvalue weighted by molar-refractivity contribution is 5.92. The van der Waals surface area contributed by atoms with Gasteiger partial charge < -0.3 is 10.6 Å². The number of benzene rings is 1. The van der Waals surface area contributed by atoms with Crippen molar-refractivity contribution in [3.63, 3.8) is 0 Å². The second-order valence-electron chi connectivity index (χ2n) is 4.91. The van der Waals surface area contributed by atoms with Crippen LogP contribution in [0.5, 0.6) is 0 Å². The van der Waals surface area contributed by atoms with Crippen molar-refractivity contribution in [1.29, 1.82) is 0 Å². The zero-order chi connectivity index (χ0) is 13.7. The van der Waals surface area contributed by atoms with Gasteiger partial charge in [0.2, 0.25) is 5.91 Å². The molecule has 0 saturated heterocycles. The van der Waals surface area contributed by atoms with Crippen LogP contribution in [-0.2, 0) is 4.79 Å². The fourth-order valence-electron chi connectivity index (χ4n) is 2.09. The Morgan fingerprint density at radius 2 is 1.95 bits per heavy atom. The number of hydrogen-bond donors (Lipinski definition) is 2. The molecule has 0 heterocycles. The minimum Gasteiger partial charge on any atom is -0.320 e. The van der Waals surface area contributed by atoms with Crippen LogP contribution in [0.1, 0.15) is 25.7 Å². The van der Waals surface area contributed by atoms with Gasteiger partial charge in [0.25, 0.3) is 0 Å². The molecule has 0 radical (unpaired) electrons. The molecule has 1 fully saturated rings. The monoisotopic (exact) mass is 268 g/mol. The SMILES string of the molecule is O=C(CNCCC1CCC1)Nc1c(F)cccc1F. The molecule has 1 aromatic rings. The van der Waals surface area contributed by atoms with E-state index >= 15 is 0 Å². The Balaban J connectivity index is 1.71. The zero-order valence-electron chi connectivity index (χ0n) is 10.7. The second kappa shape index (κ2) is 6.61. The quantitative estimate of drug-likeness (QED) is 0.779. The Labute approximate surface area is 111 Å². The third-order valence-corrected chi connectivity index (χ3v) is 3.47. The molecular weight excluding hydrogens is 250 g/mol. The molecule has 1 aromatic carbocycles. The smallest absolute Gasteiger partial charge is 0.238 e. The van der Waals surface area contributed by atoms with E-state index in [9.17, 15) is 13.6 Å². The van der Waals surface area contributed by atoms with E-state index in [4.69, 9.17) is 0 Å². The number of anilines is 1. The third kappa shape index (κ3) is 3.99. The Morgan fingerprint density at radius 3 is 2.53 bits per heavy atom. The predicted octanol–water partition coefficient (Wildman–Crippen LogP) is 2.68.